The lowest BCUT2D eigenvalue weighted by molar-refractivity contribution is -0.118. The highest BCUT2D eigenvalue weighted by atomic mass is 127. The van der Waals surface area contributed by atoms with E-state index in [-0.39, 0.29) is 12.5 Å². The van der Waals surface area contributed by atoms with Crippen LogP contribution < -0.4 is 20.1 Å². The standard InChI is InChI=1S/C23H23IN2O3/c1-16-8-10-18(11-9-16)25-14-17-12-20(24)23(21(13-17)28-2)29-15-22(27)26-19-6-4-3-5-7-19/h3-13,25H,14-15H2,1-2H3,(H,26,27). The van der Waals surface area contributed by atoms with Gasteiger partial charge < -0.3 is 20.1 Å². The van der Waals surface area contributed by atoms with Crippen molar-refractivity contribution in [3.05, 3.63) is 81.4 Å². The van der Waals surface area contributed by atoms with Crippen LogP contribution in [0.5, 0.6) is 11.5 Å². The Bertz CT molecular complexity index is 960. The van der Waals surface area contributed by atoms with Crippen LogP contribution in [-0.4, -0.2) is 19.6 Å². The highest BCUT2D eigenvalue weighted by Gasteiger charge is 2.14. The van der Waals surface area contributed by atoms with Crippen molar-refractivity contribution in [3.63, 3.8) is 0 Å². The van der Waals surface area contributed by atoms with Crippen LogP contribution in [0, 0.1) is 10.5 Å². The van der Waals surface area contributed by atoms with Crippen molar-refractivity contribution in [1.29, 1.82) is 0 Å². The number of nitrogens with one attached hydrogen (secondary N) is 2. The van der Waals surface area contributed by atoms with Gasteiger partial charge in [0.25, 0.3) is 5.91 Å². The summed E-state index contributed by atoms with van der Waals surface area (Å²) in [4.78, 5) is 12.2. The summed E-state index contributed by atoms with van der Waals surface area (Å²) in [7, 11) is 1.60. The molecule has 0 saturated heterocycles. The second kappa shape index (κ2) is 10.2. The molecule has 0 atom stereocenters. The normalized spacial score (nSPS) is 10.3. The number of para-hydroxylation sites is 1. The third-order valence-electron chi connectivity index (χ3n) is 4.24. The van der Waals surface area contributed by atoms with Crippen LogP contribution in [0.25, 0.3) is 0 Å². The van der Waals surface area contributed by atoms with Gasteiger partial charge in [-0.25, -0.2) is 0 Å². The number of ether oxygens (including phenoxy) is 2. The van der Waals surface area contributed by atoms with E-state index in [1.54, 1.807) is 7.11 Å². The largest absolute Gasteiger partial charge is 0.493 e. The summed E-state index contributed by atoms with van der Waals surface area (Å²) in [6, 6.07) is 21.5. The summed E-state index contributed by atoms with van der Waals surface area (Å²) in [5.41, 5.74) is 4.08. The van der Waals surface area contributed by atoms with Crippen LogP contribution in [0.2, 0.25) is 0 Å². The van der Waals surface area contributed by atoms with E-state index in [0.29, 0.717) is 18.0 Å². The van der Waals surface area contributed by atoms with Crippen molar-refractivity contribution < 1.29 is 14.3 Å². The molecule has 0 saturated carbocycles. The van der Waals surface area contributed by atoms with E-state index in [9.17, 15) is 4.79 Å². The molecule has 3 rings (SSSR count). The molecule has 1 amide bonds. The van der Waals surface area contributed by atoms with Gasteiger partial charge in [-0.1, -0.05) is 35.9 Å². The fraction of sp³-hybridized carbons (Fsp3) is 0.174. The van der Waals surface area contributed by atoms with Gasteiger partial charge in [-0.2, -0.15) is 0 Å². The van der Waals surface area contributed by atoms with Gasteiger partial charge in [0.2, 0.25) is 0 Å². The average Bonchev–Trinajstić information content (AvgIpc) is 2.73. The number of carbonyl (C=O) groups is 1. The predicted octanol–water partition coefficient (Wildman–Crippen LogP) is 5.24. The molecule has 0 heterocycles. The number of hydrogen-bond acceptors (Lipinski definition) is 4. The van der Waals surface area contributed by atoms with Crippen molar-refractivity contribution in [2.75, 3.05) is 24.4 Å². The summed E-state index contributed by atoms with van der Waals surface area (Å²) in [5.74, 6) is 0.944. The van der Waals surface area contributed by atoms with E-state index in [4.69, 9.17) is 9.47 Å². The number of rotatable bonds is 8. The van der Waals surface area contributed by atoms with Crippen molar-refractivity contribution in [2.45, 2.75) is 13.5 Å². The zero-order valence-corrected chi connectivity index (χ0v) is 18.5. The van der Waals surface area contributed by atoms with E-state index >= 15 is 0 Å². The van der Waals surface area contributed by atoms with E-state index in [2.05, 4.69) is 64.4 Å². The van der Waals surface area contributed by atoms with E-state index in [1.807, 2.05) is 42.5 Å². The summed E-state index contributed by atoms with van der Waals surface area (Å²) >= 11 is 2.20. The molecule has 0 aliphatic rings. The Morgan fingerprint density at radius 2 is 1.72 bits per heavy atom. The number of methoxy groups -OCH3 is 1. The van der Waals surface area contributed by atoms with Crippen LogP contribution in [0.15, 0.2) is 66.7 Å². The SMILES string of the molecule is COc1cc(CNc2ccc(C)cc2)cc(I)c1OCC(=O)Nc1ccccc1. The van der Waals surface area contributed by atoms with Gasteiger partial charge in [-0.05, 0) is 71.5 Å². The fourth-order valence-electron chi connectivity index (χ4n) is 2.75. The Morgan fingerprint density at radius 1 is 1.00 bits per heavy atom. The van der Waals surface area contributed by atoms with Crippen molar-refractivity contribution in [1.82, 2.24) is 0 Å². The maximum Gasteiger partial charge on any atom is 0.262 e. The Hall–Kier alpha value is -2.74. The van der Waals surface area contributed by atoms with Gasteiger partial charge in [-0.3, -0.25) is 4.79 Å². The molecule has 150 valence electrons. The molecule has 29 heavy (non-hydrogen) atoms. The first-order valence-electron chi connectivity index (χ1n) is 9.20. The number of aryl methyl sites for hydroxylation is 1. The average molecular weight is 502 g/mol. The monoisotopic (exact) mass is 502 g/mol. The summed E-state index contributed by atoms with van der Waals surface area (Å²) < 4.78 is 12.1. The second-order valence-electron chi connectivity index (χ2n) is 6.53. The maximum absolute atomic E-state index is 12.2. The Balaban J connectivity index is 1.63. The molecule has 2 N–H and O–H groups in total. The van der Waals surface area contributed by atoms with Crippen LogP contribution in [0.3, 0.4) is 0 Å². The molecule has 5 nitrogen and oxygen atoms in total. The van der Waals surface area contributed by atoms with Crippen molar-refractivity contribution >= 4 is 39.9 Å². The van der Waals surface area contributed by atoms with E-state index in [1.165, 1.54) is 5.56 Å². The minimum atomic E-state index is -0.223. The number of amides is 1. The molecule has 0 aromatic heterocycles. The third-order valence-corrected chi connectivity index (χ3v) is 5.04. The zero-order chi connectivity index (χ0) is 20.6. The lowest BCUT2D eigenvalue weighted by Crippen LogP contribution is -2.20. The van der Waals surface area contributed by atoms with E-state index < -0.39 is 0 Å². The molecule has 0 aliphatic carbocycles. The molecule has 0 spiro atoms. The minimum Gasteiger partial charge on any atom is -0.493 e. The van der Waals surface area contributed by atoms with Crippen LogP contribution in [0.1, 0.15) is 11.1 Å². The van der Waals surface area contributed by atoms with Gasteiger partial charge >= 0.3 is 0 Å². The Labute approximate surface area is 184 Å². The summed E-state index contributed by atoms with van der Waals surface area (Å²) in [6.07, 6.45) is 0. The van der Waals surface area contributed by atoms with Crippen LogP contribution >= 0.6 is 22.6 Å². The first-order valence-corrected chi connectivity index (χ1v) is 10.3. The van der Waals surface area contributed by atoms with Crippen LogP contribution in [0.4, 0.5) is 11.4 Å². The van der Waals surface area contributed by atoms with Gasteiger partial charge in [0.1, 0.15) is 0 Å². The topological polar surface area (TPSA) is 59.6 Å². The molecule has 0 fully saturated rings. The fourth-order valence-corrected chi connectivity index (χ4v) is 3.57. The van der Waals surface area contributed by atoms with Crippen molar-refractivity contribution in [2.24, 2.45) is 0 Å². The second-order valence-corrected chi connectivity index (χ2v) is 7.69. The smallest absolute Gasteiger partial charge is 0.262 e. The number of anilines is 2. The maximum atomic E-state index is 12.2. The summed E-state index contributed by atoms with van der Waals surface area (Å²) in [6.45, 7) is 2.63. The van der Waals surface area contributed by atoms with Gasteiger partial charge in [0.15, 0.2) is 18.1 Å². The van der Waals surface area contributed by atoms with Gasteiger partial charge in [0, 0.05) is 17.9 Å². The first kappa shape index (κ1) is 21.0. The zero-order valence-electron chi connectivity index (χ0n) is 16.4. The van der Waals surface area contributed by atoms with Crippen LogP contribution in [-0.2, 0) is 11.3 Å². The van der Waals surface area contributed by atoms with Gasteiger partial charge in [-0.15, -0.1) is 0 Å². The third kappa shape index (κ3) is 6.12. The molecule has 3 aromatic carbocycles. The molecule has 0 radical (unpaired) electrons. The van der Waals surface area contributed by atoms with E-state index in [0.717, 1.165) is 20.5 Å². The lowest BCUT2D eigenvalue weighted by Gasteiger charge is -2.15. The molecule has 0 bridgehead atoms. The molecular weight excluding hydrogens is 479 g/mol. The Morgan fingerprint density at radius 3 is 2.41 bits per heavy atom. The predicted molar refractivity (Wildman–Crippen MR) is 125 cm³/mol. The molecular formula is C23H23IN2O3. The molecule has 6 heteroatoms. The number of halogens is 1. The van der Waals surface area contributed by atoms with Crippen molar-refractivity contribution in [3.8, 4) is 11.5 Å². The highest BCUT2D eigenvalue weighted by molar-refractivity contribution is 14.1. The molecule has 0 aliphatic heterocycles. The Kier molecular flexibility index (Phi) is 7.35. The quantitative estimate of drug-likeness (QED) is 0.414. The number of hydrogen-bond donors (Lipinski definition) is 2. The van der Waals surface area contributed by atoms with Gasteiger partial charge in [0.05, 0.1) is 10.7 Å². The number of carbonyl (C=O) groups excluding carboxylic acids is 1. The molecule has 0 unspecified atom stereocenters. The lowest BCUT2D eigenvalue weighted by atomic mass is 10.2. The highest BCUT2D eigenvalue weighted by Crippen LogP contribution is 2.34. The molecule has 3 aromatic rings. The number of benzene rings is 3. The first-order chi connectivity index (χ1) is 14.0. The summed E-state index contributed by atoms with van der Waals surface area (Å²) in [5, 5.41) is 6.21. The minimum absolute atomic E-state index is 0.0950.